The number of hydrogen-bond acceptors (Lipinski definition) is 4. The van der Waals surface area contributed by atoms with Gasteiger partial charge in [0, 0.05) is 0 Å². The number of aliphatic hydroxyl groups excluding tert-OH is 1. The van der Waals surface area contributed by atoms with E-state index in [2.05, 4.69) is 40.7 Å². The largest absolute Gasteiger partial charge is 0.481 e. The van der Waals surface area contributed by atoms with Gasteiger partial charge in [-0.2, -0.15) is 0 Å². The van der Waals surface area contributed by atoms with Gasteiger partial charge in [-0.05, 0) is 111 Å². The maximum absolute atomic E-state index is 13.1. The summed E-state index contributed by atoms with van der Waals surface area (Å²) in [4.78, 5) is 25.9. The number of aliphatic hydroxyl groups is 1. The zero-order chi connectivity index (χ0) is 26.5. The fraction of sp³-hybridized carbons (Fsp3) is 0.871. The maximum atomic E-state index is 13.1. The van der Waals surface area contributed by atoms with Crippen LogP contribution in [-0.2, 0) is 14.3 Å². The number of carboxylic acid groups (broad SMARTS) is 1. The lowest BCUT2D eigenvalue weighted by Crippen LogP contribution is -2.66. The highest BCUT2D eigenvalue weighted by atomic mass is 16.5. The van der Waals surface area contributed by atoms with E-state index in [-0.39, 0.29) is 39.5 Å². The summed E-state index contributed by atoms with van der Waals surface area (Å²) in [5, 5.41) is 21.6. The molecular formula is C31H48O5. The second-order valence-electron chi connectivity index (χ2n) is 15.0. The number of hydrogen-bond donors (Lipinski definition) is 2. The summed E-state index contributed by atoms with van der Waals surface area (Å²) in [6, 6.07) is 0. The molecule has 5 heteroatoms. The lowest BCUT2D eigenvalue weighted by atomic mass is 9.33. The summed E-state index contributed by atoms with van der Waals surface area (Å²) in [5.41, 5.74) is -0.00159. The molecule has 0 heterocycles. The number of fused-ring (bicyclic) bond motifs is 7. The first-order valence-corrected chi connectivity index (χ1v) is 14.3. The van der Waals surface area contributed by atoms with Crippen LogP contribution in [0, 0.1) is 50.2 Å². The van der Waals surface area contributed by atoms with Crippen molar-refractivity contribution in [1.29, 1.82) is 0 Å². The van der Waals surface area contributed by atoms with Gasteiger partial charge in [0.2, 0.25) is 0 Å². The van der Waals surface area contributed by atoms with Crippen LogP contribution in [-0.4, -0.2) is 35.4 Å². The molecule has 0 aromatic carbocycles. The van der Waals surface area contributed by atoms with Crippen molar-refractivity contribution in [2.75, 3.05) is 7.11 Å². The van der Waals surface area contributed by atoms with Crippen molar-refractivity contribution in [3.8, 4) is 0 Å². The zero-order valence-electron chi connectivity index (χ0n) is 23.6. The molecule has 5 nitrogen and oxygen atoms in total. The van der Waals surface area contributed by atoms with E-state index in [0.29, 0.717) is 12.3 Å². The summed E-state index contributed by atoms with van der Waals surface area (Å²) in [6.07, 6.45) is 10.6. The summed E-state index contributed by atoms with van der Waals surface area (Å²) >= 11 is 0. The molecule has 4 saturated carbocycles. The lowest BCUT2D eigenvalue weighted by molar-refractivity contribution is -0.219. The molecule has 0 aromatic rings. The van der Waals surface area contributed by atoms with Crippen LogP contribution in [0.15, 0.2) is 11.6 Å². The highest BCUT2D eigenvalue weighted by Crippen LogP contribution is 2.75. The molecule has 0 aliphatic heterocycles. The monoisotopic (exact) mass is 500 g/mol. The molecule has 0 aromatic heterocycles. The Labute approximate surface area is 217 Å². The van der Waals surface area contributed by atoms with Gasteiger partial charge < -0.3 is 14.9 Å². The van der Waals surface area contributed by atoms with Crippen LogP contribution in [0.1, 0.15) is 106 Å². The van der Waals surface area contributed by atoms with Gasteiger partial charge in [0.05, 0.1) is 24.0 Å². The average molecular weight is 501 g/mol. The van der Waals surface area contributed by atoms with E-state index in [1.807, 2.05) is 6.92 Å². The molecule has 0 saturated heterocycles. The number of allylic oxidation sites excluding steroid dienone is 2. The third-order valence-electron chi connectivity index (χ3n) is 13.3. The molecule has 5 aliphatic rings. The number of rotatable bonds is 2. The van der Waals surface area contributed by atoms with Crippen molar-refractivity contribution < 1.29 is 24.5 Å². The first kappa shape index (κ1) is 26.3. The van der Waals surface area contributed by atoms with Gasteiger partial charge in [-0.3, -0.25) is 9.59 Å². The molecule has 9 atom stereocenters. The molecule has 5 rings (SSSR count). The number of carbonyl (C=O) groups excluding carboxylic acids is 1. The number of ether oxygens (including phenoxy) is 1. The van der Waals surface area contributed by atoms with Crippen molar-refractivity contribution in [2.24, 2.45) is 50.2 Å². The Hall–Kier alpha value is -1.36. The third-order valence-corrected chi connectivity index (χ3v) is 13.3. The van der Waals surface area contributed by atoms with Crippen molar-refractivity contribution in [1.82, 2.24) is 0 Å². The van der Waals surface area contributed by atoms with Gasteiger partial charge in [-0.15, -0.1) is 0 Å². The Bertz CT molecular complexity index is 999. The normalized spacial score (nSPS) is 51.5. The Morgan fingerprint density at radius 2 is 1.58 bits per heavy atom. The maximum Gasteiger partial charge on any atom is 0.314 e. The molecule has 202 valence electrons. The van der Waals surface area contributed by atoms with Crippen molar-refractivity contribution in [3.05, 3.63) is 11.6 Å². The van der Waals surface area contributed by atoms with E-state index in [1.54, 1.807) is 0 Å². The summed E-state index contributed by atoms with van der Waals surface area (Å²) in [7, 11) is 1.44. The average Bonchev–Trinajstić information content (AvgIpc) is 2.81. The van der Waals surface area contributed by atoms with E-state index in [1.165, 1.54) is 12.7 Å². The van der Waals surface area contributed by atoms with Gasteiger partial charge in [0.25, 0.3) is 0 Å². The first-order chi connectivity index (χ1) is 16.6. The minimum atomic E-state index is -0.883. The lowest BCUT2D eigenvalue weighted by Gasteiger charge is -2.70. The van der Waals surface area contributed by atoms with Gasteiger partial charge in [0.15, 0.2) is 0 Å². The topological polar surface area (TPSA) is 83.8 Å². The van der Waals surface area contributed by atoms with Crippen LogP contribution in [0.25, 0.3) is 0 Å². The van der Waals surface area contributed by atoms with Crippen LogP contribution < -0.4 is 0 Å². The molecule has 0 spiro atoms. The quantitative estimate of drug-likeness (QED) is 0.339. The van der Waals surface area contributed by atoms with Gasteiger partial charge in [-0.25, -0.2) is 0 Å². The highest BCUT2D eigenvalue weighted by Gasteiger charge is 2.70. The fourth-order valence-corrected chi connectivity index (χ4v) is 10.8. The number of aliphatic carboxylic acids is 1. The Morgan fingerprint density at radius 3 is 2.22 bits per heavy atom. The van der Waals surface area contributed by atoms with Crippen LogP contribution in [0.2, 0.25) is 0 Å². The number of esters is 1. The second-order valence-corrected chi connectivity index (χ2v) is 15.0. The van der Waals surface area contributed by atoms with Crippen LogP contribution >= 0.6 is 0 Å². The van der Waals surface area contributed by atoms with Gasteiger partial charge in [-0.1, -0.05) is 46.3 Å². The number of carboxylic acids is 1. The summed E-state index contributed by atoms with van der Waals surface area (Å²) in [6.45, 7) is 13.9. The molecule has 0 radical (unpaired) electrons. The van der Waals surface area contributed by atoms with Crippen molar-refractivity contribution in [3.63, 3.8) is 0 Å². The predicted octanol–water partition coefficient (Wildman–Crippen LogP) is 6.39. The third kappa shape index (κ3) is 3.04. The van der Waals surface area contributed by atoms with Gasteiger partial charge >= 0.3 is 11.9 Å². The molecule has 0 unspecified atom stereocenters. The number of carbonyl (C=O) groups is 2. The molecule has 5 aliphatic carbocycles. The van der Waals surface area contributed by atoms with E-state index >= 15 is 0 Å². The minimum absolute atomic E-state index is 0.0356. The molecule has 0 bridgehead atoms. The van der Waals surface area contributed by atoms with E-state index in [0.717, 1.165) is 57.8 Å². The SMILES string of the molecule is COC(=O)[C@@]1(C)[C@H](O)CC[C@@]2(C)[C@H]3CC=C4[C@@H]5CC(C)(C)CC[C@]5(C(=O)O)CC[C@@]4(C)[C@@]3(C)CC[C@@H]21. The molecular weight excluding hydrogens is 452 g/mol. The fourth-order valence-electron chi connectivity index (χ4n) is 10.8. The van der Waals surface area contributed by atoms with E-state index < -0.39 is 22.9 Å². The molecule has 36 heavy (non-hydrogen) atoms. The Morgan fingerprint density at radius 1 is 0.917 bits per heavy atom. The van der Waals surface area contributed by atoms with Crippen LogP contribution in [0.3, 0.4) is 0 Å². The van der Waals surface area contributed by atoms with Crippen LogP contribution in [0.5, 0.6) is 0 Å². The molecule has 4 fully saturated rings. The van der Waals surface area contributed by atoms with Crippen molar-refractivity contribution >= 4 is 11.9 Å². The first-order valence-electron chi connectivity index (χ1n) is 14.3. The van der Waals surface area contributed by atoms with E-state index in [4.69, 9.17) is 4.74 Å². The minimum Gasteiger partial charge on any atom is -0.481 e. The second kappa shape index (κ2) is 7.83. The summed E-state index contributed by atoms with van der Waals surface area (Å²) in [5.74, 6) is -0.296. The Kier molecular flexibility index (Phi) is 5.71. The number of methoxy groups -OCH3 is 1. The standard InChI is InChI=1S/C31H48O5/c1-26(2)14-16-31(24(33)34)17-15-28(4)19(20(31)18-26)8-9-21-27(3)12-11-23(32)30(6,25(35)36-7)22(27)10-13-29(21,28)5/h8,20-23,32H,9-18H2,1-7H3,(H,33,34)/t20-,21+,22-,23+,27-,28+,29-,30+,31-/m0/s1. The predicted molar refractivity (Wildman–Crippen MR) is 139 cm³/mol. The van der Waals surface area contributed by atoms with Crippen LogP contribution in [0.4, 0.5) is 0 Å². The van der Waals surface area contributed by atoms with Gasteiger partial charge in [0.1, 0.15) is 0 Å². The van der Waals surface area contributed by atoms with E-state index in [9.17, 15) is 19.8 Å². The molecule has 0 amide bonds. The highest BCUT2D eigenvalue weighted by molar-refractivity contribution is 5.78. The zero-order valence-corrected chi connectivity index (χ0v) is 23.6. The smallest absolute Gasteiger partial charge is 0.314 e. The Balaban J connectivity index is 1.60. The molecule has 2 N–H and O–H groups in total. The van der Waals surface area contributed by atoms with Crippen molar-refractivity contribution in [2.45, 2.75) is 112 Å². The summed E-state index contributed by atoms with van der Waals surface area (Å²) < 4.78 is 5.27.